The van der Waals surface area contributed by atoms with E-state index >= 15 is 0 Å². The summed E-state index contributed by atoms with van der Waals surface area (Å²) >= 11 is 1.13. The van der Waals surface area contributed by atoms with Gasteiger partial charge in [0.15, 0.2) is 0 Å². The lowest BCUT2D eigenvalue weighted by Gasteiger charge is -2.16. The molecule has 0 amide bonds. The number of fused-ring (bicyclic) bond motifs is 1. The molecule has 0 bridgehead atoms. The predicted molar refractivity (Wildman–Crippen MR) is 109 cm³/mol. The summed E-state index contributed by atoms with van der Waals surface area (Å²) in [5.74, 6) is 1.24. The molecule has 3 aromatic rings. The van der Waals surface area contributed by atoms with E-state index in [0.717, 1.165) is 11.3 Å². The highest BCUT2D eigenvalue weighted by atomic mass is 32.1. The molecule has 0 aliphatic heterocycles. The maximum absolute atomic E-state index is 13.0. The molecular formula is C20H22N2O6S. The fourth-order valence-electron chi connectivity index (χ4n) is 2.95. The molecule has 9 heteroatoms. The third kappa shape index (κ3) is 4.25. The third-order valence-corrected chi connectivity index (χ3v) is 5.67. The number of methoxy groups -OCH3 is 2. The molecule has 29 heavy (non-hydrogen) atoms. The molecule has 8 nitrogen and oxygen atoms in total. The SMILES string of the molecule is COC(=O)c1sc2nc(C)n(C[C@@H](O)COc3ccc(OC)cc3)c(=O)c2c1C. The van der Waals surface area contributed by atoms with Crippen LogP contribution in [-0.2, 0) is 11.3 Å². The predicted octanol–water partition coefficient (Wildman–Crippen LogP) is 2.31. The van der Waals surface area contributed by atoms with Gasteiger partial charge >= 0.3 is 5.97 Å². The number of hydrogen-bond acceptors (Lipinski definition) is 8. The second-order valence-electron chi connectivity index (χ2n) is 6.44. The number of aliphatic hydroxyl groups is 1. The first-order valence-electron chi connectivity index (χ1n) is 8.89. The van der Waals surface area contributed by atoms with Crippen molar-refractivity contribution in [3.8, 4) is 11.5 Å². The van der Waals surface area contributed by atoms with Crippen LogP contribution in [-0.4, -0.2) is 47.6 Å². The molecule has 1 atom stereocenters. The topological polar surface area (TPSA) is 99.9 Å². The van der Waals surface area contributed by atoms with Crippen LogP contribution in [0.3, 0.4) is 0 Å². The van der Waals surface area contributed by atoms with Gasteiger partial charge in [0.2, 0.25) is 0 Å². The van der Waals surface area contributed by atoms with E-state index < -0.39 is 12.1 Å². The van der Waals surface area contributed by atoms with Gasteiger partial charge in [-0.05, 0) is 43.7 Å². The van der Waals surface area contributed by atoms with Crippen LogP contribution in [0, 0.1) is 13.8 Å². The molecule has 0 aliphatic rings. The summed E-state index contributed by atoms with van der Waals surface area (Å²) in [5, 5.41) is 10.7. The van der Waals surface area contributed by atoms with Crippen LogP contribution in [0.4, 0.5) is 0 Å². The van der Waals surface area contributed by atoms with Crippen molar-refractivity contribution in [1.29, 1.82) is 0 Å². The number of aliphatic hydroxyl groups excluding tert-OH is 1. The molecule has 0 saturated carbocycles. The van der Waals surface area contributed by atoms with E-state index in [1.54, 1.807) is 45.2 Å². The van der Waals surface area contributed by atoms with Crippen molar-refractivity contribution >= 4 is 27.5 Å². The first-order valence-corrected chi connectivity index (χ1v) is 9.71. The zero-order valence-electron chi connectivity index (χ0n) is 16.6. The molecule has 0 saturated heterocycles. The summed E-state index contributed by atoms with van der Waals surface area (Å²) in [6, 6.07) is 6.98. The average molecular weight is 418 g/mol. The van der Waals surface area contributed by atoms with Gasteiger partial charge in [-0.2, -0.15) is 0 Å². The number of carbonyl (C=O) groups is 1. The highest BCUT2D eigenvalue weighted by Crippen LogP contribution is 2.28. The second kappa shape index (κ2) is 8.62. The van der Waals surface area contributed by atoms with E-state index in [1.807, 2.05) is 0 Å². The minimum atomic E-state index is -0.924. The Labute approximate surface area is 171 Å². The standard InChI is InChI=1S/C20H22N2O6S/c1-11-16-18(29-17(11)20(25)27-4)21-12(2)22(19(16)24)9-13(23)10-28-15-7-5-14(26-3)6-8-15/h5-8,13,23H,9-10H2,1-4H3/t13-/m1/s1. The van der Waals surface area contributed by atoms with Crippen LogP contribution >= 0.6 is 11.3 Å². The molecule has 1 N–H and O–H groups in total. The van der Waals surface area contributed by atoms with E-state index in [0.29, 0.717) is 38.0 Å². The van der Waals surface area contributed by atoms with Gasteiger partial charge in [-0.15, -0.1) is 11.3 Å². The monoisotopic (exact) mass is 418 g/mol. The Morgan fingerprint density at radius 3 is 2.48 bits per heavy atom. The lowest BCUT2D eigenvalue weighted by atomic mass is 10.2. The molecule has 1 aromatic carbocycles. The number of carbonyl (C=O) groups excluding carboxylic acids is 1. The number of benzene rings is 1. The number of ether oxygens (including phenoxy) is 3. The Morgan fingerprint density at radius 1 is 1.21 bits per heavy atom. The van der Waals surface area contributed by atoms with Crippen LogP contribution in [0.5, 0.6) is 11.5 Å². The number of aromatic nitrogens is 2. The van der Waals surface area contributed by atoms with Crippen molar-refractivity contribution in [2.45, 2.75) is 26.5 Å². The average Bonchev–Trinajstić information content (AvgIpc) is 3.05. The van der Waals surface area contributed by atoms with Gasteiger partial charge in [0, 0.05) is 0 Å². The summed E-state index contributed by atoms with van der Waals surface area (Å²) < 4.78 is 16.8. The Morgan fingerprint density at radius 2 is 1.86 bits per heavy atom. The molecule has 2 aromatic heterocycles. The summed E-state index contributed by atoms with van der Waals surface area (Å²) in [4.78, 5) is 30.2. The van der Waals surface area contributed by atoms with Crippen molar-refractivity contribution in [3.63, 3.8) is 0 Å². The zero-order valence-corrected chi connectivity index (χ0v) is 17.4. The lowest BCUT2D eigenvalue weighted by Crippen LogP contribution is -2.32. The molecule has 154 valence electrons. The fourth-order valence-corrected chi connectivity index (χ4v) is 4.08. The molecule has 0 aliphatic carbocycles. The molecule has 0 spiro atoms. The lowest BCUT2D eigenvalue weighted by molar-refractivity contribution is 0.0605. The van der Waals surface area contributed by atoms with E-state index in [4.69, 9.17) is 14.2 Å². The van der Waals surface area contributed by atoms with Crippen LogP contribution < -0.4 is 15.0 Å². The Hall–Kier alpha value is -2.91. The van der Waals surface area contributed by atoms with Crippen LogP contribution in [0.2, 0.25) is 0 Å². The third-order valence-electron chi connectivity index (χ3n) is 4.51. The highest BCUT2D eigenvalue weighted by molar-refractivity contribution is 7.20. The number of rotatable bonds is 7. The highest BCUT2D eigenvalue weighted by Gasteiger charge is 2.22. The molecular weight excluding hydrogens is 396 g/mol. The fraction of sp³-hybridized carbons (Fsp3) is 0.350. The maximum atomic E-state index is 13.0. The van der Waals surface area contributed by atoms with E-state index in [1.165, 1.54) is 11.7 Å². The minimum Gasteiger partial charge on any atom is -0.497 e. The van der Waals surface area contributed by atoms with Gasteiger partial charge in [-0.25, -0.2) is 9.78 Å². The van der Waals surface area contributed by atoms with Gasteiger partial charge in [0.05, 0.1) is 26.2 Å². The maximum Gasteiger partial charge on any atom is 0.348 e. The van der Waals surface area contributed by atoms with Gasteiger partial charge in [-0.3, -0.25) is 9.36 Å². The van der Waals surface area contributed by atoms with Gasteiger partial charge in [0.25, 0.3) is 5.56 Å². The van der Waals surface area contributed by atoms with Crippen LogP contribution in [0.15, 0.2) is 29.1 Å². The molecule has 0 unspecified atom stereocenters. The van der Waals surface area contributed by atoms with Crippen LogP contribution in [0.1, 0.15) is 21.1 Å². The first kappa shape index (κ1) is 20.8. The van der Waals surface area contributed by atoms with Gasteiger partial charge in [0.1, 0.15) is 39.7 Å². The summed E-state index contributed by atoms with van der Waals surface area (Å²) in [7, 11) is 2.87. The molecule has 0 radical (unpaired) electrons. The van der Waals surface area contributed by atoms with Crippen molar-refractivity contribution < 1.29 is 24.1 Å². The van der Waals surface area contributed by atoms with Crippen molar-refractivity contribution in [1.82, 2.24) is 9.55 Å². The molecule has 0 fully saturated rings. The number of aryl methyl sites for hydroxylation is 2. The van der Waals surface area contributed by atoms with E-state index in [2.05, 4.69) is 4.98 Å². The van der Waals surface area contributed by atoms with E-state index in [-0.39, 0.29) is 18.7 Å². The Kier molecular flexibility index (Phi) is 6.19. The van der Waals surface area contributed by atoms with Gasteiger partial charge in [-0.1, -0.05) is 0 Å². The summed E-state index contributed by atoms with van der Waals surface area (Å²) in [6.45, 7) is 3.40. The molecule has 2 heterocycles. The number of nitrogens with zero attached hydrogens (tertiary/aromatic N) is 2. The molecule has 3 rings (SSSR count). The number of thiophene rings is 1. The quantitative estimate of drug-likeness (QED) is 0.588. The second-order valence-corrected chi connectivity index (χ2v) is 7.44. The zero-order chi connectivity index (χ0) is 21.1. The van der Waals surface area contributed by atoms with Crippen LogP contribution in [0.25, 0.3) is 10.2 Å². The first-order chi connectivity index (χ1) is 13.8. The Bertz CT molecular complexity index is 1090. The minimum absolute atomic E-state index is 0.00623. The largest absolute Gasteiger partial charge is 0.497 e. The van der Waals surface area contributed by atoms with Gasteiger partial charge < -0.3 is 19.3 Å². The van der Waals surface area contributed by atoms with Crippen molar-refractivity contribution in [3.05, 3.63) is 50.9 Å². The normalized spacial score (nSPS) is 12.0. The van der Waals surface area contributed by atoms with Crippen molar-refractivity contribution in [2.75, 3.05) is 20.8 Å². The number of esters is 1. The smallest absolute Gasteiger partial charge is 0.348 e. The van der Waals surface area contributed by atoms with E-state index in [9.17, 15) is 14.7 Å². The Balaban J connectivity index is 1.80. The number of hydrogen-bond donors (Lipinski definition) is 1. The summed E-state index contributed by atoms with van der Waals surface area (Å²) in [5.41, 5.74) is 0.229. The summed E-state index contributed by atoms with van der Waals surface area (Å²) in [6.07, 6.45) is -0.924. The van der Waals surface area contributed by atoms with Crippen molar-refractivity contribution in [2.24, 2.45) is 0 Å².